The molecular formula is C30H18BrNO. The third-order valence-corrected chi connectivity index (χ3v) is 6.95. The molecule has 0 bridgehead atoms. The van der Waals surface area contributed by atoms with Crippen LogP contribution in [0.4, 0.5) is 0 Å². The highest BCUT2D eigenvalue weighted by Gasteiger charge is 2.17. The molecular weight excluding hydrogens is 470 g/mol. The Kier molecular flexibility index (Phi) is 4.02. The average molecular weight is 488 g/mol. The van der Waals surface area contributed by atoms with Crippen molar-refractivity contribution in [2.75, 3.05) is 0 Å². The monoisotopic (exact) mass is 487 g/mol. The van der Waals surface area contributed by atoms with E-state index >= 15 is 0 Å². The summed E-state index contributed by atoms with van der Waals surface area (Å²) in [7, 11) is 0. The van der Waals surface area contributed by atoms with Gasteiger partial charge in [0.2, 0.25) is 0 Å². The van der Waals surface area contributed by atoms with Gasteiger partial charge in [-0.15, -0.1) is 0 Å². The second-order valence-corrected chi connectivity index (χ2v) is 9.26. The minimum Gasteiger partial charge on any atom is -0.454 e. The van der Waals surface area contributed by atoms with E-state index in [1.54, 1.807) is 0 Å². The van der Waals surface area contributed by atoms with Crippen molar-refractivity contribution in [3.8, 4) is 16.8 Å². The molecule has 3 heteroatoms. The first-order valence-corrected chi connectivity index (χ1v) is 11.8. The Bertz CT molecular complexity index is 1830. The number of furan rings is 1. The second-order valence-electron chi connectivity index (χ2n) is 8.35. The van der Waals surface area contributed by atoms with Crippen molar-refractivity contribution in [3.05, 3.63) is 114 Å². The van der Waals surface area contributed by atoms with E-state index in [9.17, 15) is 0 Å². The maximum absolute atomic E-state index is 6.43. The van der Waals surface area contributed by atoms with E-state index in [0.29, 0.717) is 0 Å². The lowest BCUT2D eigenvalue weighted by Gasteiger charge is -2.09. The lowest BCUT2D eigenvalue weighted by Crippen LogP contribution is -1.94. The van der Waals surface area contributed by atoms with Crippen molar-refractivity contribution < 1.29 is 4.42 Å². The summed E-state index contributed by atoms with van der Waals surface area (Å²) in [6.07, 6.45) is 0. The van der Waals surface area contributed by atoms with Gasteiger partial charge in [-0.2, -0.15) is 0 Å². The average Bonchev–Trinajstić information content (AvgIpc) is 3.39. The van der Waals surface area contributed by atoms with Gasteiger partial charge in [-0.3, -0.25) is 0 Å². The van der Waals surface area contributed by atoms with Gasteiger partial charge < -0.3 is 8.98 Å². The zero-order valence-corrected chi connectivity index (χ0v) is 19.2. The zero-order chi connectivity index (χ0) is 21.9. The second kappa shape index (κ2) is 7.09. The highest BCUT2D eigenvalue weighted by molar-refractivity contribution is 9.10. The first-order chi connectivity index (χ1) is 16.3. The molecule has 0 aliphatic carbocycles. The largest absolute Gasteiger partial charge is 0.454 e. The van der Waals surface area contributed by atoms with E-state index in [2.05, 4.69) is 124 Å². The van der Waals surface area contributed by atoms with Crippen LogP contribution in [0.3, 0.4) is 0 Å². The third-order valence-electron chi connectivity index (χ3n) is 6.46. The normalized spacial score (nSPS) is 11.8. The SMILES string of the molecule is Brc1ccc2c(c1)oc1c(-n3c4ccccc4c4cc(-c5ccccc5)ccc43)cccc12. The lowest BCUT2D eigenvalue weighted by molar-refractivity contribution is 0.666. The van der Waals surface area contributed by atoms with Gasteiger partial charge in [0, 0.05) is 26.0 Å². The van der Waals surface area contributed by atoms with Crippen molar-refractivity contribution in [2.24, 2.45) is 0 Å². The number of nitrogens with zero attached hydrogens (tertiary/aromatic N) is 1. The molecule has 0 atom stereocenters. The predicted octanol–water partition coefficient (Wildman–Crippen LogP) is 9.11. The van der Waals surface area contributed by atoms with Gasteiger partial charge in [0.1, 0.15) is 5.58 Å². The molecule has 7 rings (SSSR count). The molecule has 0 saturated carbocycles. The fourth-order valence-electron chi connectivity index (χ4n) is 4.98. The highest BCUT2D eigenvalue weighted by Crippen LogP contribution is 2.39. The summed E-state index contributed by atoms with van der Waals surface area (Å²) in [4.78, 5) is 0. The minimum atomic E-state index is 0.888. The van der Waals surface area contributed by atoms with E-state index in [4.69, 9.17) is 4.42 Å². The first-order valence-electron chi connectivity index (χ1n) is 11.0. The molecule has 0 spiro atoms. The Hall–Kier alpha value is -3.82. The fourth-order valence-corrected chi connectivity index (χ4v) is 5.32. The summed E-state index contributed by atoms with van der Waals surface area (Å²) >= 11 is 3.57. The van der Waals surface area contributed by atoms with Gasteiger partial charge in [0.15, 0.2) is 5.58 Å². The molecule has 2 heterocycles. The van der Waals surface area contributed by atoms with Crippen LogP contribution in [0.1, 0.15) is 0 Å². The van der Waals surface area contributed by atoms with Crippen LogP contribution in [0.15, 0.2) is 118 Å². The summed E-state index contributed by atoms with van der Waals surface area (Å²) < 4.78 is 9.78. The molecule has 5 aromatic carbocycles. The molecule has 0 aliphatic rings. The molecule has 0 N–H and O–H groups in total. The van der Waals surface area contributed by atoms with Gasteiger partial charge in [-0.1, -0.05) is 82.7 Å². The van der Waals surface area contributed by atoms with E-state index in [-0.39, 0.29) is 0 Å². The molecule has 2 nitrogen and oxygen atoms in total. The lowest BCUT2D eigenvalue weighted by atomic mass is 10.0. The number of benzene rings is 5. The van der Waals surface area contributed by atoms with Crippen LogP contribution in [0.25, 0.3) is 60.6 Å². The molecule has 0 unspecified atom stereocenters. The van der Waals surface area contributed by atoms with Crippen LogP contribution in [0.5, 0.6) is 0 Å². The van der Waals surface area contributed by atoms with Crippen LogP contribution >= 0.6 is 15.9 Å². The van der Waals surface area contributed by atoms with Crippen LogP contribution in [-0.4, -0.2) is 4.57 Å². The number of hydrogen-bond donors (Lipinski definition) is 0. The molecule has 2 aromatic heterocycles. The van der Waals surface area contributed by atoms with Gasteiger partial charge >= 0.3 is 0 Å². The van der Waals surface area contributed by atoms with Gasteiger partial charge in [0.25, 0.3) is 0 Å². The molecule has 0 aliphatic heterocycles. The smallest absolute Gasteiger partial charge is 0.159 e. The van der Waals surface area contributed by atoms with E-state index in [0.717, 1.165) is 32.1 Å². The van der Waals surface area contributed by atoms with E-state index in [1.807, 2.05) is 6.07 Å². The molecule has 0 fully saturated rings. The predicted molar refractivity (Wildman–Crippen MR) is 141 cm³/mol. The van der Waals surface area contributed by atoms with Crippen molar-refractivity contribution >= 4 is 59.7 Å². The topological polar surface area (TPSA) is 18.1 Å². The Morgan fingerprint density at radius 3 is 2.24 bits per heavy atom. The van der Waals surface area contributed by atoms with Crippen molar-refractivity contribution in [1.29, 1.82) is 0 Å². The standard InChI is InChI=1S/C30H18BrNO/c31-21-14-15-23-24-10-6-12-28(30(24)33-29(23)18-21)32-26-11-5-4-9-22(26)25-17-20(13-16-27(25)32)19-7-2-1-3-8-19/h1-18H. The summed E-state index contributed by atoms with van der Waals surface area (Å²) in [6, 6.07) is 38.5. The number of para-hydroxylation sites is 2. The fraction of sp³-hybridized carbons (Fsp3) is 0. The number of rotatable bonds is 2. The van der Waals surface area contributed by atoms with Gasteiger partial charge in [0.05, 0.1) is 16.7 Å². The van der Waals surface area contributed by atoms with Crippen LogP contribution in [0.2, 0.25) is 0 Å². The number of fused-ring (bicyclic) bond motifs is 6. The van der Waals surface area contributed by atoms with E-state index in [1.165, 1.54) is 32.9 Å². The van der Waals surface area contributed by atoms with Crippen LogP contribution in [0, 0.1) is 0 Å². The molecule has 7 aromatic rings. The van der Waals surface area contributed by atoms with Crippen LogP contribution in [-0.2, 0) is 0 Å². The molecule has 0 radical (unpaired) electrons. The quantitative estimate of drug-likeness (QED) is 0.237. The van der Waals surface area contributed by atoms with Gasteiger partial charge in [-0.25, -0.2) is 0 Å². The summed E-state index contributed by atoms with van der Waals surface area (Å²) in [6.45, 7) is 0. The van der Waals surface area contributed by atoms with Crippen molar-refractivity contribution in [1.82, 2.24) is 4.57 Å². The number of aromatic nitrogens is 1. The highest BCUT2D eigenvalue weighted by atomic mass is 79.9. The summed E-state index contributed by atoms with van der Waals surface area (Å²) in [5.74, 6) is 0. The van der Waals surface area contributed by atoms with Gasteiger partial charge in [-0.05, 0) is 53.6 Å². The zero-order valence-electron chi connectivity index (χ0n) is 17.6. The van der Waals surface area contributed by atoms with E-state index < -0.39 is 0 Å². The Balaban J connectivity index is 1.58. The number of halogens is 1. The molecule has 33 heavy (non-hydrogen) atoms. The molecule has 156 valence electrons. The first kappa shape index (κ1) is 18.7. The minimum absolute atomic E-state index is 0.888. The van der Waals surface area contributed by atoms with Crippen molar-refractivity contribution in [3.63, 3.8) is 0 Å². The Morgan fingerprint density at radius 2 is 1.33 bits per heavy atom. The van der Waals surface area contributed by atoms with Crippen molar-refractivity contribution in [2.45, 2.75) is 0 Å². The Labute approximate surface area is 198 Å². The maximum Gasteiger partial charge on any atom is 0.159 e. The summed E-state index contributed by atoms with van der Waals surface area (Å²) in [5.41, 5.74) is 7.63. The van der Waals surface area contributed by atoms with Crippen LogP contribution < -0.4 is 0 Å². The number of hydrogen-bond acceptors (Lipinski definition) is 1. The maximum atomic E-state index is 6.43. The summed E-state index contributed by atoms with van der Waals surface area (Å²) in [5, 5.41) is 4.73. The molecule has 0 amide bonds. The molecule has 0 saturated heterocycles. The Morgan fingerprint density at radius 1 is 0.545 bits per heavy atom. The third kappa shape index (κ3) is 2.79.